The van der Waals surface area contributed by atoms with E-state index >= 15 is 0 Å². The van der Waals surface area contributed by atoms with Crippen LogP contribution in [0, 0.1) is 0 Å². The summed E-state index contributed by atoms with van der Waals surface area (Å²) in [4.78, 5) is 0. The van der Waals surface area contributed by atoms with Gasteiger partial charge in [-0.2, -0.15) is 0 Å². The van der Waals surface area contributed by atoms with Crippen LogP contribution in [0.4, 0.5) is 0 Å². The number of halogens is 1. The predicted molar refractivity (Wildman–Crippen MR) is 56.0 cm³/mol. The first-order valence-electron chi connectivity index (χ1n) is 4.32. The van der Waals surface area contributed by atoms with Gasteiger partial charge >= 0.3 is 0 Å². The van der Waals surface area contributed by atoms with E-state index in [1.54, 1.807) is 7.11 Å². The quantitative estimate of drug-likeness (QED) is 0.863. The average molecular weight is 242 g/mol. The Morgan fingerprint density at radius 3 is 2.77 bits per heavy atom. The van der Waals surface area contributed by atoms with Gasteiger partial charge in [-0.1, -0.05) is 12.1 Å². The Labute approximate surface area is 86.2 Å². The van der Waals surface area contributed by atoms with E-state index in [0.717, 1.165) is 16.6 Å². The van der Waals surface area contributed by atoms with E-state index in [1.807, 2.05) is 12.1 Å². The number of hydrogen-bond donors (Lipinski definition) is 1. The van der Waals surface area contributed by atoms with Crippen LogP contribution in [0.15, 0.2) is 22.7 Å². The first kappa shape index (κ1) is 9.03. The van der Waals surface area contributed by atoms with E-state index in [-0.39, 0.29) is 0 Å². The molecule has 0 aromatic heterocycles. The van der Waals surface area contributed by atoms with E-state index in [4.69, 9.17) is 10.5 Å². The van der Waals surface area contributed by atoms with Gasteiger partial charge in [0.1, 0.15) is 5.75 Å². The lowest BCUT2D eigenvalue weighted by Crippen LogP contribution is -2.01. The fraction of sp³-hybridized carbons (Fsp3) is 0.400. The molecule has 0 bridgehead atoms. The zero-order valence-corrected chi connectivity index (χ0v) is 9.04. The second-order valence-corrected chi connectivity index (χ2v) is 4.16. The minimum Gasteiger partial charge on any atom is -0.496 e. The highest BCUT2D eigenvalue weighted by Crippen LogP contribution is 2.44. The van der Waals surface area contributed by atoms with E-state index in [1.165, 1.54) is 5.56 Å². The summed E-state index contributed by atoms with van der Waals surface area (Å²) >= 11 is 3.53. The first-order valence-corrected chi connectivity index (χ1v) is 5.11. The van der Waals surface area contributed by atoms with Crippen LogP contribution in [0.1, 0.15) is 17.9 Å². The molecular weight excluding hydrogens is 230 g/mol. The topological polar surface area (TPSA) is 35.2 Å². The molecule has 0 aliphatic heterocycles. The molecule has 1 aromatic rings. The Balaban J connectivity index is 2.35. The number of nitrogens with two attached hydrogens (primary N) is 1. The van der Waals surface area contributed by atoms with Crippen molar-refractivity contribution >= 4 is 15.9 Å². The smallest absolute Gasteiger partial charge is 0.133 e. The normalized spacial score (nSPS) is 25.8. The van der Waals surface area contributed by atoms with Crippen LogP contribution in [-0.2, 0) is 0 Å². The minimum atomic E-state index is 0.336. The molecule has 13 heavy (non-hydrogen) atoms. The molecule has 0 heterocycles. The minimum absolute atomic E-state index is 0.336. The maximum atomic E-state index is 5.80. The third-order valence-corrected chi connectivity index (χ3v) is 3.30. The third kappa shape index (κ3) is 1.58. The Kier molecular flexibility index (Phi) is 2.30. The van der Waals surface area contributed by atoms with Gasteiger partial charge in [0.25, 0.3) is 0 Å². The van der Waals surface area contributed by atoms with Crippen molar-refractivity contribution in [3.63, 3.8) is 0 Å². The molecule has 1 aromatic carbocycles. The average Bonchev–Trinajstić information content (AvgIpc) is 2.83. The summed E-state index contributed by atoms with van der Waals surface area (Å²) < 4.78 is 6.26. The summed E-state index contributed by atoms with van der Waals surface area (Å²) in [5, 5.41) is 0. The molecule has 1 fully saturated rings. The van der Waals surface area contributed by atoms with Crippen LogP contribution in [0.3, 0.4) is 0 Å². The van der Waals surface area contributed by atoms with Gasteiger partial charge in [-0.3, -0.25) is 0 Å². The molecule has 0 unspecified atom stereocenters. The molecule has 2 nitrogen and oxygen atoms in total. The fourth-order valence-electron chi connectivity index (χ4n) is 1.54. The molecule has 1 aliphatic carbocycles. The van der Waals surface area contributed by atoms with Gasteiger partial charge in [0.15, 0.2) is 0 Å². The van der Waals surface area contributed by atoms with Crippen LogP contribution < -0.4 is 10.5 Å². The van der Waals surface area contributed by atoms with Gasteiger partial charge in [0.05, 0.1) is 11.6 Å². The molecule has 0 amide bonds. The number of benzene rings is 1. The Bertz CT molecular complexity index is 327. The zero-order valence-electron chi connectivity index (χ0n) is 7.46. The highest BCUT2D eigenvalue weighted by atomic mass is 79.9. The van der Waals surface area contributed by atoms with Crippen molar-refractivity contribution in [2.24, 2.45) is 5.73 Å². The van der Waals surface area contributed by atoms with Gasteiger partial charge in [0, 0.05) is 12.0 Å². The molecule has 0 saturated heterocycles. The van der Waals surface area contributed by atoms with Crippen molar-refractivity contribution < 1.29 is 4.74 Å². The summed E-state index contributed by atoms with van der Waals surface area (Å²) in [6.45, 7) is 0. The molecular formula is C10H12BrNO. The molecule has 3 heteroatoms. The molecule has 2 atom stereocenters. The number of rotatable bonds is 2. The standard InChI is InChI=1S/C10H12BrNO/c1-13-9-4-2-3-6(10(9)11)7-5-8(7)12/h2-4,7-8H,5,12H2,1H3/t7-,8+/m0/s1. The largest absolute Gasteiger partial charge is 0.496 e. The lowest BCUT2D eigenvalue weighted by atomic mass is 10.1. The molecule has 1 aliphatic rings. The zero-order chi connectivity index (χ0) is 9.42. The number of ether oxygens (including phenoxy) is 1. The summed E-state index contributed by atoms with van der Waals surface area (Å²) in [6.07, 6.45) is 1.09. The summed E-state index contributed by atoms with van der Waals surface area (Å²) in [7, 11) is 1.68. The van der Waals surface area contributed by atoms with Gasteiger partial charge < -0.3 is 10.5 Å². The van der Waals surface area contributed by atoms with Gasteiger partial charge in [-0.05, 0) is 34.0 Å². The van der Waals surface area contributed by atoms with Gasteiger partial charge in [-0.25, -0.2) is 0 Å². The second kappa shape index (κ2) is 3.31. The lowest BCUT2D eigenvalue weighted by Gasteiger charge is -2.07. The Morgan fingerprint density at radius 1 is 1.54 bits per heavy atom. The van der Waals surface area contributed by atoms with Crippen molar-refractivity contribution in [1.29, 1.82) is 0 Å². The van der Waals surface area contributed by atoms with E-state index in [9.17, 15) is 0 Å². The summed E-state index contributed by atoms with van der Waals surface area (Å²) in [6, 6.07) is 6.39. The van der Waals surface area contributed by atoms with Crippen LogP contribution in [0.25, 0.3) is 0 Å². The van der Waals surface area contributed by atoms with Crippen LogP contribution >= 0.6 is 15.9 Å². The van der Waals surface area contributed by atoms with Crippen LogP contribution in [0.5, 0.6) is 5.75 Å². The number of hydrogen-bond acceptors (Lipinski definition) is 2. The monoisotopic (exact) mass is 241 g/mol. The van der Waals surface area contributed by atoms with E-state index < -0.39 is 0 Å². The molecule has 70 valence electrons. The van der Waals surface area contributed by atoms with Crippen molar-refractivity contribution in [3.8, 4) is 5.75 Å². The Hall–Kier alpha value is -0.540. The Morgan fingerprint density at radius 2 is 2.23 bits per heavy atom. The van der Waals surface area contributed by atoms with Gasteiger partial charge in [-0.15, -0.1) is 0 Å². The van der Waals surface area contributed by atoms with Crippen molar-refractivity contribution in [1.82, 2.24) is 0 Å². The summed E-state index contributed by atoms with van der Waals surface area (Å²) in [5.74, 6) is 1.40. The van der Waals surface area contributed by atoms with Crippen LogP contribution in [-0.4, -0.2) is 13.2 Å². The highest BCUT2D eigenvalue weighted by molar-refractivity contribution is 9.10. The van der Waals surface area contributed by atoms with Gasteiger partial charge in [0.2, 0.25) is 0 Å². The van der Waals surface area contributed by atoms with Crippen molar-refractivity contribution in [2.75, 3.05) is 7.11 Å². The van der Waals surface area contributed by atoms with Crippen molar-refractivity contribution in [3.05, 3.63) is 28.2 Å². The number of methoxy groups -OCH3 is 1. The van der Waals surface area contributed by atoms with E-state index in [0.29, 0.717) is 12.0 Å². The molecule has 0 spiro atoms. The van der Waals surface area contributed by atoms with Crippen molar-refractivity contribution in [2.45, 2.75) is 18.4 Å². The van der Waals surface area contributed by atoms with E-state index in [2.05, 4.69) is 22.0 Å². The molecule has 2 N–H and O–H groups in total. The molecule has 2 rings (SSSR count). The summed E-state index contributed by atoms with van der Waals surface area (Å²) in [5.41, 5.74) is 7.07. The fourth-order valence-corrected chi connectivity index (χ4v) is 2.26. The SMILES string of the molecule is COc1cccc([C@@H]2C[C@H]2N)c1Br. The predicted octanol–water partition coefficient (Wildman–Crippen LogP) is 2.27. The first-order chi connectivity index (χ1) is 6.24. The third-order valence-electron chi connectivity index (χ3n) is 2.45. The lowest BCUT2D eigenvalue weighted by molar-refractivity contribution is 0.411. The second-order valence-electron chi connectivity index (χ2n) is 3.37. The molecule has 0 radical (unpaired) electrons. The van der Waals surface area contributed by atoms with Crippen LogP contribution in [0.2, 0.25) is 0 Å². The maximum absolute atomic E-state index is 5.80. The highest BCUT2D eigenvalue weighted by Gasteiger charge is 2.36. The maximum Gasteiger partial charge on any atom is 0.133 e. The molecule has 1 saturated carbocycles.